The molecule has 0 unspecified atom stereocenters. The van der Waals surface area contributed by atoms with Crippen LogP contribution in [0.2, 0.25) is 0 Å². The molecule has 1 aromatic carbocycles. The normalized spacial score (nSPS) is 17.6. The minimum atomic E-state index is -0.596. The molecule has 9 heteroatoms. The Morgan fingerprint density at radius 2 is 2.07 bits per heavy atom. The molecule has 0 spiro atoms. The summed E-state index contributed by atoms with van der Waals surface area (Å²) in [4.78, 5) is 37.8. The van der Waals surface area contributed by atoms with E-state index in [4.69, 9.17) is 18.6 Å². The van der Waals surface area contributed by atoms with Crippen molar-refractivity contribution in [3.8, 4) is 11.5 Å². The van der Waals surface area contributed by atoms with Gasteiger partial charge in [0.15, 0.2) is 18.1 Å². The van der Waals surface area contributed by atoms with E-state index in [1.807, 2.05) is 0 Å². The van der Waals surface area contributed by atoms with Crippen molar-refractivity contribution in [3.63, 3.8) is 0 Å². The van der Waals surface area contributed by atoms with E-state index in [9.17, 15) is 14.4 Å². The van der Waals surface area contributed by atoms with Crippen LogP contribution in [0.5, 0.6) is 11.5 Å². The standard InChI is InChI=1S/C19H18N2O7/c22-17(20-13-3-4-15-16(7-13)28-11-27-15)10-26-19(24)12-6-18(23)21(8-12)9-14-2-1-5-25-14/h1-5,7,12H,6,8-11H2,(H,20,22)/t12-/m0/s1. The highest BCUT2D eigenvalue weighted by molar-refractivity contribution is 5.94. The van der Waals surface area contributed by atoms with Gasteiger partial charge < -0.3 is 28.8 Å². The summed E-state index contributed by atoms with van der Waals surface area (Å²) in [6.45, 7) is 0.250. The van der Waals surface area contributed by atoms with E-state index in [2.05, 4.69) is 5.32 Å². The number of esters is 1. The number of likely N-dealkylation sites (tertiary alicyclic amines) is 1. The van der Waals surface area contributed by atoms with Crippen molar-refractivity contribution < 1.29 is 33.0 Å². The summed E-state index contributed by atoms with van der Waals surface area (Å²) in [6.07, 6.45) is 1.59. The number of hydrogen-bond acceptors (Lipinski definition) is 7. The van der Waals surface area contributed by atoms with Gasteiger partial charge in [-0.15, -0.1) is 0 Å². The summed E-state index contributed by atoms with van der Waals surface area (Å²) in [5.74, 6) is -0.0140. The van der Waals surface area contributed by atoms with Crippen LogP contribution in [-0.4, -0.2) is 42.6 Å². The number of anilines is 1. The molecule has 3 heterocycles. The molecule has 0 saturated carbocycles. The summed E-state index contributed by atoms with van der Waals surface area (Å²) in [7, 11) is 0. The topological polar surface area (TPSA) is 107 Å². The van der Waals surface area contributed by atoms with Crippen molar-refractivity contribution in [1.29, 1.82) is 0 Å². The Morgan fingerprint density at radius 1 is 1.21 bits per heavy atom. The van der Waals surface area contributed by atoms with Gasteiger partial charge in [0.2, 0.25) is 12.7 Å². The second-order valence-electron chi connectivity index (χ2n) is 6.48. The molecule has 0 aliphatic carbocycles. The van der Waals surface area contributed by atoms with Gasteiger partial charge in [-0.2, -0.15) is 0 Å². The molecule has 2 amide bonds. The van der Waals surface area contributed by atoms with E-state index in [0.717, 1.165) is 0 Å². The highest BCUT2D eigenvalue weighted by atomic mass is 16.7. The Kier molecular flexibility index (Phi) is 4.88. The van der Waals surface area contributed by atoms with Gasteiger partial charge in [0.25, 0.3) is 5.91 Å². The number of benzene rings is 1. The van der Waals surface area contributed by atoms with Crippen LogP contribution < -0.4 is 14.8 Å². The van der Waals surface area contributed by atoms with Gasteiger partial charge in [0.1, 0.15) is 5.76 Å². The van der Waals surface area contributed by atoms with Crippen LogP contribution in [0.4, 0.5) is 5.69 Å². The maximum atomic E-state index is 12.2. The van der Waals surface area contributed by atoms with Gasteiger partial charge in [0, 0.05) is 24.7 Å². The first kappa shape index (κ1) is 17.9. The summed E-state index contributed by atoms with van der Waals surface area (Å²) < 4.78 is 20.7. The van der Waals surface area contributed by atoms with Crippen LogP contribution in [0.1, 0.15) is 12.2 Å². The number of amides is 2. The fourth-order valence-corrected chi connectivity index (χ4v) is 3.10. The van der Waals surface area contributed by atoms with E-state index in [1.165, 1.54) is 11.2 Å². The Bertz CT molecular complexity index is 894. The molecule has 4 rings (SSSR count). The summed E-state index contributed by atoms with van der Waals surface area (Å²) in [5.41, 5.74) is 0.506. The molecule has 146 valence electrons. The monoisotopic (exact) mass is 386 g/mol. The quantitative estimate of drug-likeness (QED) is 0.751. The largest absolute Gasteiger partial charge is 0.467 e. The Labute approximate surface area is 160 Å². The van der Waals surface area contributed by atoms with Crippen molar-refractivity contribution in [1.82, 2.24) is 4.90 Å². The molecule has 1 fully saturated rings. The van der Waals surface area contributed by atoms with Gasteiger partial charge in [-0.05, 0) is 24.3 Å². The van der Waals surface area contributed by atoms with Gasteiger partial charge in [-0.3, -0.25) is 14.4 Å². The minimum Gasteiger partial charge on any atom is -0.467 e. The fraction of sp³-hybridized carbons (Fsp3) is 0.316. The molecular formula is C19H18N2O7. The number of furan rings is 1. The highest BCUT2D eigenvalue weighted by Gasteiger charge is 2.35. The van der Waals surface area contributed by atoms with E-state index < -0.39 is 24.4 Å². The number of ether oxygens (including phenoxy) is 3. The lowest BCUT2D eigenvalue weighted by molar-refractivity contribution is -0.151. The van der Waals surface area contributed by atoms with Crippen molar-refractivity contribution >= 4 is 23.5 Å². The molecule has 0 radical (unpaired) electrons. The third-order valence-electron chi connectivity index (χ3n) is 4.48. The number of nitrogens with one attached hydrogen (secondary N) is 1. The maximum Gasteiger partial charge on any atom is 0.311 e. The first-order valence-corrected chi connectivity index (χ1v) is 8.75. The fourth-order valence-electron chi connectivity index (χ4n) is 3.10. The van der Waals surface area contributed by atoms with Crippen molar-refractivity contribution in [2.45, 2.75) is 13.0 Å². The van der Waals surface area contributed by atoms with Gasteiger partial charge in [-0.1, -0.05) is 0 Å². The predicted octanol–water partition coefficient (Wildman–Crippen LogP) is 1.54. The third-order valence-corrected chi connectivity index (χ3v) is 4.48. The molecule has 1 saturated heterocycles. The molecule has 2 aliphatic heterocycles. The second-order valence-corrected chi connectivity index (χ2v) is 6.48. The van der Waals surface area contributed by atoms with E-state index in [0.29, 0.717) is 29.5 Å². The van der Waals surface area contributed by atoms with Crippen molar-refractivity contribution in [2.24, 2.45) is 5.92 Å². The van der Waals surface area contributed by atoms with Crippen molar-refractivity contribution in [3.05, 3.63) is 42.4 Å². The smallest absolute Gasteiger partial charge is 0.311 e. The van der Waals surface area contributed by atoms with Gasteiger partial charge >= 0.3 is 5.97 Å². The zero-order chi connectivity index (χ0) is 19.5. The Balaban J connectivity index is 1.25. The molecule has 1 N–H and O–H groups in total. The molecule has 2 aliphatic rings. The second kappa shape index (κ2) is 7.63. The molecular weight excluding hydrogens is 368 g/mol. The molecule has 2 aromatic rings. The Hall–Kier alpha value is -3.49. The maximum absolute atomic E-state index is 12.2. The first-order chi connectivity index (χ1) is 13.6. The molecule has 9 nitrogen and oxygen atoms in total. The number of carbonyl (C=O) groups excluding carboxylic acids is 3. The minimum absolute atomic E-state index is 0.0589. The lowest BCUT2D eigenvalue weighted by Crippen LogP contribution is -2.28. The average Bonchev–Trinajstić information content (AvgIpc) is 3.42. The number of carbonyl (C=O) groups is 3. The van der Waals surface area contributed by atoms with E-state index in [-0.39, 0.29) is 25.7 Å². The van der Waals surface area contributed by atoms with E-state index in [1.54, 1.807) is 30.3 Å². The lowest BCUT2D eigenvalue weighted by Gasteiger charge is -2.14. The highest BCUT2D eigenvalue weighted by Crippen LogP contribution is 2.34. The van der Waals surface area contributed by atoms with Crippen LogP contribution in [0.25, 0.3) is 0 Å². The van der Waals surface area contributed by atoms with E-state index >= 15 is 0 Å². The van der Waals surface area contributed by atoms with Crippen molar-refractivity contribution in [2.75, 3.05) is 25.3 Å². The Morgan fingerprint density at radius 3 is 2.89 bits per heavy atom. The van der Waals surface area contributed by atoms with Crippen LogP contribution in [0.3, 0.4) is 0 Å². The zero-order valence-corrected chi connectivity index (χ0v) is 14.9. The van der Waals surface area contributed by atoms with Crippen LogP contribution in [-0.2, 0) is 25.7 Å². The average molecular weight is 386 g/mol. The van der Waals surface area contributed by atoms with Crippen LogP contribution in [0, 0.1) is 5.92 Å². The number of nitrogens with zero attached hydrogens (tertiary/aromatic N) is 1. The first-order valence-electron chi connectivity index (χ1n) is 8.75. The predicted molar refractivity (Wildman–Crippen MR) is 94.4 cm³/mol. The van der Waals surface area contributed by atoms with Crippen LogP contribution >= 0.6 is 0 Å². The zero-order valence-electron chi connectivity index (χ0n) is 14.9. The summed E-state index contributed by atoms with van der Waals surface area (Å²) >= 11 is 0. The molecule has 0 bridgehead atoms. The lowest BCUT2D eigenvalue weighted by atomic mass is 10.1. The van der Waals surface area contributed by atoms with Crippen LogP contribution in [0.15, 0.2) is 41.0 Å². The summed E-state index contributed by atoms with van der Waals surface area (Å²) in [5, 5.41) is 2.62. The molecule has 1 atom stereocenters. The molecule has 1 aromatic heterocycles. The molecule has 28 heavy (non-hydrogen) atoms. The van der Waals surface area contributed by atoms with Gasteiger partial charge in [0.05, 0.1) is 18.7 Å². The number of hydrogen-bond donors (Lipinski definition) is 1. The van der Waals surface area contributed by atoms with Gasteiger partial charge in [-0.25, -0.2) is 0 Å². The number of rotatable bonds is 6. The number of fused-ring (bicyclic) bond motifs is 1. The summed E-state index contributed by atoms with van der Waals surface area (Å²) in [6, 6.07) is 8.47. The SMILES string of the molecule is O=C(COC(=O)[C@H]1CC(=O)N(Cc2ccco2)C1)Nc1ccc2c(c1)OCO2. The third kappa shape index (κ3) is 3.93.